The summed E-state index contributed by atoms with van der Waals surface area (Å²) in [6, 6.07) is 9.53. The van der Waals surface area contributed by atoms with Crippen molar-refractivity contribution in [2.24, 2.45) is 0 Å². The van der Waals surface area contributed by atoms with E-state index in [0.29, 0.717) is 24.1 Å². The third kappa shape index (κ3) is 3.42. The maximum absolute atomic E-state index is 5.61. The Kier molecular flexibility index (Phi) is 3.58. The molecule has 4 nitrogen and oxygen atoms in total. The van der Waals surface area contributed by atoms with Gasteiger partial charge in [-0.2, -0.15) is 4.98 Å². The average molecular weight is 294 g/mol. The summed E-state index contributed by atoms with van der Waals surface area (Å²) in [5.74, 6) is 1.52. The molecule has 0 aliphatic rings. The highest BCUT2D eigenvalue weighted by Crippen LogP contribution is 2.15. The number of hydrogen-bond donors (Lipinski definition) is 1. The molecule has 2 aromatic rings. The lowest BCUT2D eigenvalue weighted by atomic mass is 10.2. The van der Waals surface area contributed by atoms with E-state index in [1.165, 1.54) is 0 Å². The van der Waals surface area contributed by atoms with Gasteiger partial charge in [0.25, 0.3) is 0 Å². The van der Waals surface area contributed by atoms with Crippen LogP contribution in [0.3, 0.4) is 0 Å². The standard InChI is InChI=1S/C12H12BrN3O/c1-8-15-11(14)6-12(16-8)17-7-9-3-2-4-10(13)5-9/h2-6H,7H2,1H3,(H2,14,15,16). The lowest BCUT2D eigenvalue weighted by molar-refractivity contribution is 0.293. The van der Waals surface area contributed by atoms with Crippen LogP contribution in [0.5, 0.6) is 5.88 Å². The summed E-state index contributed by atoms with van der Waals surface area (Å²) in [6.07, 6.45) is 0. The van der Waals surface area contributed by atoms with E-state index >= 15 is 0 Å². The Morgan fingerprint density at radius 2 is 2.12 bits per heavy atom. The predicted octanol–water partition coefficient (Wildman–Crippen LogP) is 2.71. The number of nitrogens with zero attached hydrogens (tertiary/aromatic N) is 2. The van der Waals surface area contributed by atoms with Gasteiger partial charge >= 0.3 is 0 Å². The third-order valence-electron chi connectivity index (χ3n) is 2.11. The van der Waals surface area contributed by atoms with Crippen LogP contribution in [0.15, 0.2) is 34.8 Å². The van der Waals surface area contributed by atoms with Crippen LogP contribution in [0.1, 0.15) is 11.4 Å². The van der Waals surface area contributed by atoms with Crippen molar-refractivity contribution in [3.05, 3.63) is 46.2 Å². The minimum atomic E-state index is 0.418. The van der Waals surface area contributed by atoms with Crippen molar-refractivity contribution in [2.45, 2.75) is 13.5 Å². The second kappa shape index (κ2) is 5.14. The Bertz CT molecular complexity index is 511. The van der Waals surface area contributed by atoms with Crippen LogP contribution < -0.4 is 10.5 Å². The molecular weight excluding hydrogens is 282 g/mol. The van der Waals surface area contributed by atoms with Gasteiger partial charge in [0, 0.05) is 10.5 Å². The topological polar surface area (TPSA) is 61.0 Å². The van der Waals surface area contributed by atoms with Gasteiger partial charge < -0.3 is 10.5 Å². The number of nitrogens with two attached hydrogens (primary N) is 1. The van der Waals surface area contributed by atoms with Crippen LogP contribution in [0.25, 0.3) is 0 Å². The number of anilines is 1. The van der Waals surface area contributed by atoms with E-state index in [-0.39, 0.29) is 0 Å². The van der Waals surface area contributed by atoms with E-state index in [1.807, 2.05) is 24.3 Å². The van der Waals surface area contributed by atoms with Gasteiger partial charge in [0.05, 0.1) is 0 Å². The molecule has 5 heteroatoms. The second-order valence-corrected chi connectivity index (χ2v) is 4.51. The molecule has 0 saturated heterocycles. The Labute approximate surface area is 108 Å². The van der Waals surface area contributed by atoms with Crippen molar-refractivity contribution in [1.29, 1.82) is 0 Å². The Morgan fingerprint density at radius 3 is 2.82 bits per heavy atom. The molecule has 1 aromatic carbocycles. The number of aryl methyl sites for hydroxylation is 1. The van der Waals surface area contributed by atoms with Gasteiger partial charge in [0.15, 0.2) is 0 Å². The lowest BCUT2D eigenvalue weighted by Gasteiger charge is -2.06. The molecule has 1 heterocycles. The average Bonchev–Trinajstić information content (AvgIpc) is 2.25. The zero-order valence-corrected chi connectivity index (χ0v) is 10.9. The number of aromatic nitrogens is 2. The summed E-state index contributed by atoms with van der Waals surface area (Å²) in [7, 11) is 0. The summed E-state index contributed by atoms with van der Waals surface area (Å²) < 4.78 is 6.58. The molecular formula is C12H12BrN3O. The Morgan fingerprint density at radius 1 is 1.29 bits per heavy atom. The molecule has 0 aliphatic carbocycles. The summed E-state index contributed by atoms with van der Waals surface area (Å²) in [5, 5.41) is 0. The fraction of sp³-hybridized carbons (Fsp3) is 0.167. The minimum absolute atomic E-state index is 0.418. The molecule has 17 heavy (non-hydrogen) atoms. The minimum Gasteiger partial charge on any atom is -0.473 e. The van der Waals surface area contributed by atoms with E-state index in [2.05, 4.69) is 25.9 Å². The maximum atomic E-state index is 5.61. The molecule has 0 fully saturated rings. The highest BCUT2D eigenvalue weighted by molar-refractivity contribution is 9.10. The van der Waals surface area contributed by atoms with Gasteiger partial charge in [-0.05, 0) is 24.6 Å². The zero-order valence-electron chi connectivity index (χ0n) is 9.35. The molecule has 0 aliphatic heterocycles. The molecule has 0 atom stereocenters. The van der Waals surface area contributed by atoms with E-state index < -0.39 is 0 Å². The first-order valence-corrected chi connectivity index (χ1v) is 5.91. The van der Waals surface area contributed by atoms with E-state index in [9.17, 15) is 0 Å². The molecule has 0 bridgehead atoms. The van der Waals surface area contributed by atoms with Crippen LogP contribution in [0.2, 0.25) is 0 Å². The van der Waals surface area contributed by atoms with Crippen LogP contribution in [-0.4, -0.2) is 9.97 Å². The van der Waals surface area contributed by atoms with Crippen molar-refractivity contribution >= 4 is 21.7 Å². The third-order valence-corrected chi connectivity index (χ3v) is 2.60. The molecule has 2 N–H and O–H groups in total. The van der Waals surface area contributed by atoms with Crippen molar-refractivity contribution in [3.8, 4) is 5.88 Å². The first kappa shape index (κ1) is 11.9. The van der Waals surface area contributed by atoms with Gasteiger partial charge in [0.2, 0.25) is 5.88 Å². The molecule has 0 saturated carbocycles. The van der Waals surface area contributed by atoms with Crippen molar-refractivity contribution in [2.75, 3.05) is 5.73 Å². The Hall–Kier alpha value is -1.62. The highest BCUT2D eigenvalue weighted by atomic mass is 79.9. The number of hydrogen-bond acceptors (Lipinski definition) is 4. The van der Waals surface area contributed by atoms with E-state index in [0.717, 1.165) is 10.0 Å². The van der Waals surface area contributed by atoms with Gasteiger partial charge in [-0.3, -0.25) is 0 Å². The maximum Gasteiger partial charge on any atom is 0.219 e. The normalized spacial score (nSPS) is 10.2. The number of nitrogen functional groups attached to an aromatic ring is 1. The summed E-state index contributed by atoms with van der Waals surface area (Å²) in [6.45, 7) is 2.23. The molecule has 2 rings (SSSR count). The number of benzene rings is 1. The van der Waals surface area contributed by atoms with Crippen molar-refractivity contribution in [3.63, 3.8) is 0 Å². The van der Waals surface area contributed by atoms with Crippen molar-refractivity contribution in [1.82, 2.24) is 9.97 Å². The molecule has 0 spiro atoms. The summed E-state index contributed by atoms with van der Waals surface area (Å²) >= 11 is 3.41. The van der Waals surface area contributed by atoms with E-state index in [1.54, 1.807) is 13.0 Å². The number of ether oxygens (including phenoxy) is 1. The molecule has 88 valence electrons. The summed E-state index contributed by atoms with van der Waals surface area (Å²) in [5.41, 5.74) is 6.68. The largest absolute Gasteiger partial charge is 0.473 e. The Balaban J connectivity index is 2.07. The zero-order chi connectivity index (χ0) is 12.3. The molecule has 0 amide bonds. The molecule has 0 unspecified atom stereocenters. The smallest absolute Gasteiger partial charge is 0.219 e. The molecule has 0 radical (unpaired) electrons. The van der Waals surface area contributed by atoms with Gasteiger partial charge in [-0.1, -0.05) is 28.1 Å². The number of rotatable bonds is 3. The number of halogens is 1. The first-order valence-electron chi connectivity index (χ1n) is 5.12. The second-order valence-electron chi connectivity index (χ2n) is 3.60. The fourth-order valence-electron chi connectivity index (χ4n) is 1.42. The SMILES string of the molecule is Cc1nc(N)cc(OCc2cccc(Br)c2)n1. The first-order chi connectivity index (χ1) is 8.13. The fourth-order valence-corrected chi connectivity index (χ4v) is 1.87. The predicted molar refractivity (Wildman–Crippen MR) is 69.7 cm³/mol. The summed E-state index contributed by atoms with van der Waals surface area (Å²) in [4.78, 5) is 8.13. The molecule has 1 aromatic heterocycles. The van der Waals surface area contributed by atoms with Crippen LogP contribution in [0.4, 0.5) is 5.82 Å². The van der Waals surface area contributed by atoms with Crippen LogP contribution >= 0.6 is 15.9 Å². The van der Waals surface area contributed by atoms with Gasteiger partial charge in [-0.25, -0.2) is 4.98 Å². The quantitative estimate of drug-likeness (QED) is 0.945. The van der Waals surface area contributed by atoms with Gasteiger partial charge in [0.1, 0.15) is 18.2 Å². The highest BCUT2D eigenvalue weighted by Gasteiger charge is 2.01. The van der Waals surface area contributed by atoms with Crippen LogP contribution in [0, 0.1) is 6.92 Å². The van der Waals surface area contributed by atoms with Crippen molar-refractivity contribution < 1.29 is 4.74 Å². The van der Waals surface area contributed by atoms with E-state index in [4.69, 9.17) is 10.5 Å². The monoisotopic (exact) mass is 293 g/mol. The lowest BCUT2D eigenvalue weighted by Crippen LogP contribution is -2.01. The van der Waals surface area contributed by atoms with Gasteiger partial charge in [-0.15, -0.1) is 0 Å². The van der Waals surface area contributed by atoms with Crippen LogP contribution in [-0.2, 0) is 6.61 Å².